The van der Waals surface area contributed by atoms with Crippen LogP contribution >= 0.6 is 23.2 Å². The van der Waals surface area contributed by atoms with E-state index in [4.69, 9.17) is 27.9 Å². The molecule has 4 nitrogen and oxygen atoms in total. The fourth-order valence-corrected chi connectivity index (χ4v) is 2.79. The van der Waals surface area contributed by atoms with Gasteiger partial charge in [-0.2, -0.15) is 5.10 Å². The number of nitrogens with one attached hydrogen (secondary N) is 1. The predicted molar refractivity (Wildman–Crippen MR) is 110 cm³/mol. The van der Waals surface area contributed by atoms with E-state index in [9.17, 15) is 4.79 Å². The molecule has 1 amide bonds. The molecule has 0 heterocycles. The number of carbonyl (C=O) groups is 1. The van der Waals surface area contributed by atoms with E-state index in [1.54, 1.807) is 18.2 Å². The number of benzene rings is 3. The Morgan fingerprint density at radius 3 is 2.37 bits per heavy atom. The summed E-state index contributed by atoms with van der Waals surface area (Å²) in [6.07, 6.45) is 1.45. The summed E-state index contributed by atoms with van der Waals surface area (Å²) < 4.78 is 5.47. The lowest BCUT2D eigenvalue weighted by atomic mass is 10.1. The molecule has 136 valence electrons. The molecule has 0 aliphatic heterocycles. The molecule has 3 rings (SSSR count). The molecule has 0 spiro atoms. The Bertz CT molecular complexity index is 942. The average molecular weight is 399 g/mol. The van der Waals surface area contributed by atoms with Gasteiger partial charge in [-0.25, -0.2) is 5.43 Å². The number of nitrogens with zero attached hydrogens (tertiary/aromatic N) is 1. The van der Waals surface area contributed by atoms with Crippen molar-refractivity contribution in [2.75, 3.05) is 6.61 Å². The van der Waals surface area contributed by atoms with Gasteiger partial charge in [0.1, 0.15) is 5.75 Å². The maximum Gasteiger partial charge on any atom is 0.277 e. The van der Waals surface area contributed by atoms with Crippen molar-refractivity contribution in [1.29, 1.82) is 0 Å². The first-order valence-electron chi connectivity index (χ1n) is 8.17. The Morgan fingerprint density at radius 2 is 1.67 bits per heavy atom. The predicted octanol–water partition coefficient (Wildman–Crippen LogP) is 5.19. The van der Waals surface area contributed by atoms with E-state index < -0.39 is 0 Å². The first-order valence-corrected chi connectivity index (χ1v) is 8.92. The van der Waals surface area contributed by atoms with Gasteiger partial charge in [0.2, 0.25) is 0 Å². The van der Waals surface area contributed by atoms with Gasteiger partial charge in [0.25, 0.3) is 5.91 Å². The van der Waals surface area contributed by atoms with Gasteiger partial charge in [-0.05, 0) is 35.4 Å². The Morgan fingerprint density at radius 1 is 0.963 bits per heavy atom. The largest absolute Gasteiger partial charge is 0.484 e. The second-order valence-electron chi connectivity index (χ2n) is 5.64. The molecular formula is C21H16Cl2N2O2. The van der Waals surface area contributed by atoms with Crippen LogP contribution < -0.4 is 10.2 Å². The highest BCUT2D eigenvalue weighted by atomic mass is 35.5. The molecule has 0 fully saturated rings. The molecule has 0 radical (unpaired) electrons. The molecule has 0 aliphatic rings. The molecule has 27 heavy (non-hydrogen) atoms. The fraction of sp³-hybridized carbons (Fsp3) is 0.0476. The van der Waals surface area contributed by atoms with E-state index in [-0.39, 0.29) is 12.5 Å². The van der Waals surface area contributed by atoms with Gasteiger partial charge in [0.05, 0.1) is 11.2 Å². The van der Waals surface area contributed by atoms with Crippen LogP contribution in [0.15, 0.2) is 77.9 Å². The third-order valence-electron chi connectivity index (χ3n) is 3.69. The van der Waals surface area contributed by atoms with E-state index in [0.29, 0.717) is 21.4 Å². The maximum absolute atomic E-state index is 11.8. The summed E-state index contributed by atoms with van der Waals surface area (Å²) in [6, 6.07) is 22.6. The number of carbonyl (C=O) groups excluding carboxylic acids is 1. The normalized spacial score (nSPS) is 10.7. The van der Waals surface area contributed by atoms with Crippen LogP contribution in [0.25, 0.3) is 11.1 Å². The minimum atomic E-state index is -0.372. The molecular weight excluding hydrogens is 383 g/mol. The minimum Gasteiger partial charge on any atom is -0.484 e. The van der Waals surface area contributed by atoms with Gasteiger partial charge < -0.3 is 4.74 Å². The van der Waals surface area contributed by atoms with Gasteiger partial charge in [-0.3, -0.25) is 4.79 Å². The average Bonchev–Trinajstić information content (AvgIpc) is 2.69. The van der Waals surface area contributed by atoms with Crippen LogP contribution in [0.2, 0.25) is 10.0 Å². The Hall–Kier alpha value is -2.82. The molecule has 0 bridgehead atoms. The maximum atomic E-state index is 11.8. The number of hydrazone groups is 1. The van der Waals surface area contributed by atoms with E-state index in [0.717, 1.165) is 11.1 Å². The number of hydrogen-bond donors (Lipinski definition) is 1. The van der Waals surface area contributed by atoms with Gasteiger partial charge in [-0.15, -0.1) is 0 Å². The lowest BCUT2D eigenvalue weighted by Gasteiger charge is -2.06. The van der Waals surface area contributed by atoms with Crippen molar-refractivity contribution >= 4 is 35.3 Å². The molecule has 0 aliphatic carbocycles. The van der Waals surface area contributed by atoms with Crippen LogP contribution in [-0.4, -0.2) is 18.7 Å². The van der Waals surface area contributed by atoms with Gasteiger partial charge in [-0.1, -0.05) is 71.7 Å². The van der Waals surface area contributed by atoms with Crippen molar-refractivity contribution in [2.45, 2.75) is 0 Å². The molecule has 3 aromatic rings. The lowest BCUT2D eigenvalue weighted by molar-refractivity contribution is -0.123. The zero-order chi connectivity index (χ0) is 19.1. The van der Waals surface area contributed by atoms with E-state index >= 15 is 0 Å². The number of ether oxygens (including phenoxy) is 1. The van der Waals surface area contributed by atoms with Crippen LogP contribution in [0.1, 0.15) is 5.56 Å². The molecule has 0 atom stereocenters. The van der Waals surface area contributed by atoms with Crippen LogP contribution in [-0.2, 0) is 4.79 Å². The minimum absolute atomic E-state index is 0.142. The Kier molecular flexibility index (Phi) is 6.47. The van der Waals surface area contributed by atoms with Gasteiger partial charge in [0, 0.05) is 10.6 Å². The number of amides is 1. The molecule has 0 aromatic heterocycles. The monoisotopic (exact) mass is 398 g/mol. The van der Waals surface area contributed by atoms with E-state index in [1.807, 2.05) is 54.6 Å². The van der Waals surface area contributed by atoms with Crippen molar-refractivity contribution in [1.82, 2.24) is 5.43 Å². The van der Waals surface area contributed by atoms with E-state index in [1.165, 1.54) is 6.21 Å². The SMILES string of the molecule is O=C(COc1ccc(-c2ccccc2)cc1)N/N=C/c1ccc(Cl)cc1Cl. The summed E-state index contributed by atoms with van der Waals surface area (Å²) in [5, 5.41) is 4.86. The van der Waals surface area contributed by atoms with E-state index in [2.05, 4.69) is 10.5 Å². The second kappa shape index (κ2) is 9.21. The Labute approximate surface area is 167 Å². The second-order valence-corrected chi connectivity index (χ2v) is 6.48. The highest BCUT2D eigenvalue weighted by molar-refractivity contribution is 6.36. The number of rotatable bonds is 6. The summed E-state index contributed by atoms with van der Waals surface area (Å²) in [4.78, 5) is 11.8. The number of hydrogen-bond acceptors (Lipinski definition) is 3. The molecule has 6 heteroatoms. The van der Waals surface area contributed by atoms with Gasteiger partial charge in [0.15, 0.2) is 6.61 Å². The zero-order valence-corrected chi connectivity index (χ0v) is 15.7. The summed E-state index contributed by atoms with van der Waals surface area (Å²) in [7, 11) is 0. The summed E-state index contributed by atoms with van der Waals surface area (Å²) >= 11 is 11.9. The first kappa shape index (κ1) is 19.0. The van der Waals surface area contributed by atoms with Crippen LogP contribution in [0.4, 0.5) is 0 Å². The highest BCUT2D eigenvalue weighted by Crippen LogP contribution is 2.22. The van der Waals surface area contributed by atoms with Crippen LogP contribution in [0, 0.1) is 0 Å². The highest BCUT2D eigenvalue weighted by Gasteiger charge is 2.03. The number of halogens is 2. The quantitative estimate of drug-likeness (QED) is 0.458. The van der Waals surface area contributed by atoms with Crippen molar-refractivity contribution in [2.24, 2.45) is 5.10 Å². The lowest BCUT2D eigenvalue weighted by Crippen LogP contribution is -2.24. The molecule has 0 unspecified atom stereocenters. The van der Waals surface area contributed by atoms with Crippen molar-refractivity contribution in [3.05, 3.63) is 88.4 Å². The molecule has 0 saturated carbocycles. The Balaban J connectivity index is 1.49. The fourth-order valence-electron chi connectivity index (χ4n) is 2.34. The summed E-state index contributed by atoms with van der Waals surface area (Å²) in [6.45, 7) is -0.142. The van der Waals surface area contributed by atoms with Crippen LogP contribution in [0.5, 0.6) is 5.75 Å². The zero-order valence-electron chi connectivity index (χ0n) is 14.2. The first-order chi connectivity index (χ1) is 13.1. The standard InChI is InChI=1S/C21H16Cl2N2O2/c22-18-9-6-17(20(23)12-18)13-24-25-21(26)14-27-19-10-7-16(8-11-19)15-4-2-1-3-5-15/h1-13H,14H2,(H,25,26)/b24-13+. The molecule has 3 aromatic carbocycles. The third-order valence-corrected chi connectivity index (χ3v) is 4.25. The van der Waals surface area contributed by atoms with Crippen molar-refractivity contribution in [3.8, 4) is 16.9 Å². The topological polar surface area (TPSA) is 50.7 Å². The van der Waals surface area contributed by atoms with Crippen molar-refractivity contribution in [3.63, 3.8) is 0 Å². The third kappa shape index (κ3) is 5.58. The summed E-state index contributed by atoms with van der Waals surface area (Å²) in [5.74, 6) is 0.234. The van der Waals surface area contributed by atoms with Gasteiger partial charge >= 0.3 is 0 Å². The summed E-state index contributed by atoms with van der Waals surface area (Å²) in [5.41, 5.74) is 5.25. The molecule has 1 N–H and O–H groups in total. The molecule has 0 saturated heterocycles. The van der Waals surface area contributed by atoms with Crippen molar-refractivity contribution < 1.29 is 9.53 Å². The van der Waals surface area contributed by atoms with Crippen LogP contribution in [0.3, 0.4) is 0 Å². The smallest absolute Gasteiger partial charge is 0.277 e.